The molecule has 5 heteroatoms. The third-order valence-electron chi connectivity index (χ3n) is 3.11. The lowest BCUT2D eigenvalue weighted by Gasteiger charge is -2.18. The van der Waals surface area contributed by atoms with Crippen molar-refractivity contribution in [2.75, 3.05) is 6.54 Å². The van der Waals surface area contributed by atoms with E-state index in [0.29, 0.717) is 13.0 Å². The molecule has 0 spiro atoms. The molecule has 0 fully saturated rings. The Morgan fingerprint density at radius 1 is 1.05 bits per heavy atom. The second-order valence-corrected chi connectivity index (χ2v) is 4.70. The van der Waals surface area contributed by atoms with E-state index in [1.165, 1.54) is 0 Å². The lowest BCUT2D eigenvalue weighted by Crippen LogP contribution is -2.35. The topological polar surface area (TPSA) is 67.4 Å². The van der Waals surface area contributed by atoms with Gasteiger partial charge in [0.15, 0.2) is 0 Å². The summed E-state index contributed by atoms with van der Waals surface area (Å²) in [5.74, 6) is 0. The number of amides is 2. The van der Waals surface area contributed by atoms with Crippen LogP contribution in [-0.2, 0) is 16.1 Å². The Morgan fingerprint density at radius 3 is 2.32 bits per heavy atom. The molecular formula is C17H18N2O3. The lowest BCUT2D eigenvalue weighted by molar-refractivity contribution is -0.109. The normalized spacial score (nSPS) is 11.3. The van der Waals surface area contributed by atoms with Crippen molar-refractivity contribution in [1.82, 2.24) is 10.6 Å². The molecule has 0 radical (unpaired) electrons. The largest absolute Gasteiger partial charge is 0.445 e. The second kappa shape index (κ2) is 8.46. The predicted molar refractivity (Wildman–Crippen MR) is 83.0 cm³/mol. The Hall–Kier alpha value is -2.82. The molecule has 0 aliphatic carbocycles. The number of ether oxygens (including phenoxy) is 1. The summed E-state index contributed by atoms with van der Waals surface area (Å²) >= 11 is 0. The molecule has 0 saturated carbocycles. The van der Waals surface area contributed by atoms with Gasteiger partial charge in [0, 0.05) is 6.54 Å². The number of hydrogen-bond donors (Lipinski definition) is 2. The van der Waals surface area contributed by atoms with E-state index in [1.807, 2.05) is 60.7 Å². The highest BCUT2D eigenvalue weighted by molar-refractivity contribution is 5.68. The number of carbonyl (C=O) groups excluding carboxylic acids is 2. The molecule has 114 valence electrons. The van der Waals surface area contributed by atoms with E-state index in [4.69, 9.17) is 4.74 Å². The number of benzene rings is 2. The summed E-state index contributed by atoms with van der Waals surface area (Å²) < 4.78 is 5.19. The third kappa shape index (κ3) is 4.94. The van der Waals surface area contributed by atoms with Gasteiger partial charge in [0.05, 0.1) is 6.04 Å². The molecule has 2 aromatic rings. The van der Waals surface area contributed by atoms with Gasteiger partial charge in [0.1, 0.15) is 6.61 Å². The molecular weight excluding hydrogens is 280 g/mol. The lowest BCUT2D eigenvalue weighted by atomic mass is 10.1. The van der Waals surface area contributed by atoms with Gasteiger partial charge < -0.3 is 15.4 Å². The maximum absolute atomic E-state index is 11.9. The molecule has 0 aliphatic heterocycles. The molecule has 0 aliphatic rings. The zero-order chi connectivity index (χ0) is 15.6. The average molecular weight is 298 g/mol. The van der Waals surface area contributed by atoms with Crippen molar-refractivity contribution in [3.8, 4) is 0 Å². The Bertz CT molecular complexity index is 587. The SMILES string of the molecule is O=CNCC(NC(=O)OCc1ccccc1)c1ccccc1. The Balaban J connectivity index is 1.91. The Morgan fingerprint density at radius 2 is 1.68 bits per heavy atom. The summed E-state index contributed by atoms with van der Waals surface area (Å²) in [6, 6.07) is 18.5. The van der Waals surface area contributed by atoms with Crippen LogP contribution in [0.2, 0.25) is 0 Å². The highest BCUT2D eigenvalue weighted by atomic mass is 16.5. The third-order valence-corrected chi connectivity index (χ3v) is 3.11. The van der Waals surface area contributed by atoms with Crippen LogP contribution in [0, 0.1) is 0 Å². The van der Waals surface area contributed by atoms with Gasteiger partial charge in [-0.2, -0.15) is 0 Å². The van der Waals surface area contributed by atoms with E-state index >= 15 is 0 Å². The van der Waals surface area contributed by atoms with Crippen molar-refractivity contribution < 1.29 is 14.3 Å². The zero-order valence-corrected chi connectivity index (χ0v) is 12.1. The van der Waals surface area contributed by atoms with Crippen molar-refractivity contribution in [2.45, 2.75) is 12.6 Å². The van der Waals surface area contributed by atoms with Crippen LogP contribution in [0.1, 0.15) is 17.2 Å². The molecule has 0 heterocycles. The van der Waals surface area contributed by atoms with Gasteiger partial charge in [-0.25, -0.2) is 4.79 Å². The summed E-state index contributed by atoms with van der Waals surface area (Å²) in [6.07, 6.45) is 0.0813. The van der Waals surface area contributed by atoms with Crippen LogP contribution in [0.3, 0.4) is 0 Å². The van der Waals surface area contributed by atoms with E-state index in [9.17, 15) is 9.59 Å². The summed E-state index contributed by atoms with van der Waals surface area (Å²) in [5, 5.41) is 5.33. The first-order valence-corrected chi connectivity index (χ1v) is 6.99. The highest BCUT2D eigenvalue weighted by Crippen LogP contribution is 2.12. The molecule has 1 atom stereocenters. The van der Waals surface area contributed by atoms with Crippen molar-refractivity contribution in [2.24, 2.45) is 0 Å². The second-order valence-electron chi connectivity index (χ2n) is 4.70. The van der Waals surface area contributed by atoms with Crippen LogP contribution in [-0.4, -0.2) is 19.0 Å². The molecule has 5 nitrogen and oxygen atoms in total. The van der Waals surface area contributed by atoms with Crippen LogP contribution < -0.4 is 10.6 Å². The molecule has 0 bridgehead atoms. The van der Waals surface area contributed by atoms with Gasteiger partial charge in [-0.1, -0.05) is 60.7 Å². The van der Waals surface area contributed by atoms with Gasteiger partial charge in [-0.05, 0) is 11.1 Å². The van der Waals surface area contributed by atoms with Crippen LogP contribution in [0.5, 0.6) is 0 Å². The zero-order valence-electron chi connectivity index (χ0n) is 12.1. The fraction of sp³-hybridized carbons (Fsp3) is 0.176. The first-order chi connectivity index (χ1) is 10.8. The molecule has 22 heavy (non-hydrogen) atoms. The average Bonchev–Trinajstić information content (AvgIpc) is 2.58. The first-order valence-electron chi connectivity index (χ1n) is 6.99. The van der Waals surface area contributed by atoms with Crippen LogP contribution in [0.15, 0.2) is 60.7 Å². The van der Waals surface area contributed by atoms with Gasteiger partial charge >= 0.3 is 6.09 Å². The van der Waals surface area contributed by atoms with Crippen molar-refractivity contribution in [1.29, 1.82) is 0 Å². The standard InChI is InChI=1S/C17H18N2O3/c20-13-18-11-16(15-9-5-2-6-10-15)19-17(21)22-12-14-7-3-1-4-8-14/h1-10,13,16H,11-12H2,(H,18,20)(H,19,21). The van der Waals surface area contributed by atoms with Crippen molar-refractivity contribution in [3.05, 3.63) is 71.8 Å². The molecule has 0 saturated heterocycles. The summed E-state index contributed by atoms with van der Waals surface area (Å²) in [7, 11) is 0. The Kier molecular flexibility index (Phi) is 5.99. The van der Waals surface area contributed by atoms with Gasteiger partial charge in [-0.15, -0.1) is 0 Å². The van der Waals surface area contributed by atoms with E-state index in [0.717, 1.165) is 11.1 Å². The molecule has 2 aromatic carbocycles. The van der Waals surface area contributed by atoms with E-state index < -0.39 is 6.09 Å². The molecule has 0 aromatic heterocycles. The Labute approximate surface area is 129 Å². The van der Waals surface area contributed by atoms with Crippen molar-refractivity contribution >= 4 is 12.5 Å². The monoisotopic (exact) mass is 298 g/mol. The van der Waals surface area contributed by atoms with Crippen molar-refractivity contribution in [3.63, 3.8) is 0 Å². The van der Waals surface area contributed by atoms with Crippen LogP contribution in [0.4, 0.5) is 4.79 Å². The minimum Gasteiger partial charge on any atom is -0.445 e. The summed E-state index contributed by atoms with van der Waals surface area (Å²) in [4.78, 5) is 22.4. The maximum atomic E-state index is 11.9. The number of nitrogens with one attached hydrogen (secondary N) is 2. The minimum atomic E-state index is -0.523. The van der Waals surface area contributed by atoms with Crippen LogP contribution >= 0.6 is 0 Å². The number of rotatable bonds is 7. The molecule has 2 amide bonds. The van der Waals surface area contributed by atoms with E-state index in [-0.39, 0.29) is 12.6 Å². The predicted octanol–water partition coefficient (Wildman–Crippen LogP) is 2.40. The highest BCUT2D eigenvalue weighted by Gasteiger charge is 2.14. The fourth-order valence-electron chi connectivity index (χ4n) is 2.01. The molecule has 2 N–H and O–H groups in total. The van der Waals surface area contributed by atoms with E-state index in [1.54, 1.807) is 0 Å². The molecule has 1 unspecified atom stereocenters. The maximum Gasteiger partial charge on any atom is 0.408 e. The number of hydrogen-bond acceptors (Lipinski definition) is 3. The minimum absolute atomic E-state index is 0.204. The van der Waals surface area contributed by atoms with Gasteiger partial charge in [-0.3, -0.25) is 4.79 Å². The first kappa shape index (κ1) is 15.6. The van der Waals surface area contributed by atoms with E-state index in [2.05, 4.69) is 10.6 Å². The van der Waals surface area contributed by atoms with Gasteiger partial charge in [0.25, 0.3) is 0 Å². The van der Waals surface area contributed by atoms with Gasteiger partial charge in [0.2, 0.25) is 6.41 Å². The quantitative estimate of drug-likeness (QED) is 0.771. The molecule has 2 rings (SSSR count). The number of alkyl carbamates (subject to hydrolysis) is 1. The fourth-order valence-corrected chi connectivity index (χ4v) is 2.01. The van der Waals surface area contributed by atoms with Crippen LogP contribution in [0.25, 0.3) is 0 Å². The number of carbonyl (C=O) groups is 2. The summed E-state index contributed by atoms with van der Waals surface area (Å²) in [5.41, 5.74) is 1.81. The smallest absolute Gasteiger partial charge is 0.408 e. The summed E-state index contributed by atoms with van der Waals surface area (Å²) in [6.45, 7) is 0.503.